The third-order valence-corrected chi connectivity index (χ3v) is 0.637. The van der Waals surface area contributed by atoms with E-state index in [0.717, 1.165) is 6.34 Å². The van der Waals surface area contributed by atoms with Crippen LogP contribution in [0.2, 0.25) is 0 Å². The molecule has 0 aromatic heterocycles. The number of hydrogen-bond donors (Lipinski definition) is 2. The highest BCUT2D eigenvalue weighted by atomic mass is 16.5. The predicted octanol–water partition coefficient (Wildman–Crippen LogP) is -0.254. The summed E-state index contributed by atoms with van der Waals surface area (Å²) < 4.78 is 4.47. The molecule has 1 amide bonds. The second-order valence-electron chi connectivity index (χ2n) is 1.35. The molecule has 60 valence electrons. The molecular weight excluding hydrogens is 148 g/mol. The summed E-state index contributed by atoms with van der Waals surface area (Å²) in [7, 11) is 0. The van der Waals surface area contributed by atoms with Gasteiger partial charge in [-0.2, -0.15) is 10.4 Å². The molecule has 0 aliphatic heterocycles. The van der Waals surface area contributed by atoms with E-state index >= 15 is 0 Å². The molecular formula is C5H8N4O2. The molecule has 0 aliphatic carbocycles. The van der Waals surface area contributed by atoms with Crippen molar-refractivity contribution in [3.63, 3.8) is 0 Å². The number of nitrogens with zero attached hydrogens (tertiary/aromatic N) is 2. The standard InChI is InChI=1S/C5H8N4O2/c1-2-11-5(10)7-4-9-8-3-6/h4,8H,2H2,1H3,(H,7,9,10). The third-order valence-electron chi connectivity index (χ3n) is 0.637. The van der Waals surface area contributed by atoms with Crippen molar-refractivity contribution in [3.8, 4) is 6.19 Å². The van der Waals surface area contributed by atoms with E-state index in [0.29, 0.717) is 6.61 Å². The van der Waals surface area contributed by atoms with Crippen molar-refractivity contribution in [1.82, 2.24) is 10.7 Å². The average Bonchev–Trinajstić information content (AvgIpc) is 1.99. The molecule has 11 heavy (non-hydrogen) atoms. The van der Waals surface area contributed by atoms with Crippen molar-refractivity contribution < 1.29 is 9.53 Å². The normalized spacial score (nSPS) is 8.73. The SMILES string of the molecule is CCOC(=O)N/C=N/NC#N. The van der Waals surface area contributed by atoms with E-state index in [1.54, 1.807) is 6.92 Å². The van der Waals surface area contributed by atoms with Gasteiger partial charge in [-0.05, 0) is 6.92 Å². The number of amides is 1. The van der Waals surface area contributed by atoms with Crippen LogP contribution in [-0.2, 0) is 4.74 Å². The third kappa shape index (κ3) is 6.11. The summed E-state index contributed by atoms with van der Waals surface area (Å²) in [5.74, 6) is 0. The Morgan fingerprint density at radius 3 is 3.18 bits per heavy atom. The number of nitriles is 1. The van der Waals surface area contributed by atoms with Gasteiger partial charge >= 0.3 is 6.09 Å². The second-order valence-corrected chi connectivity index (χ2v) is 1.35. The number of nitrogens with one attached hydrogen (secondary N) is 2. The van der Waals surface area contributed by atoms with Crippen LogP contribution in [0.3, 0.4) is 0 Å². The minimum Gasteiger partial charge on any atom is -0.450 e. The molecule has 0 rings (SSSR count). The highest BCUT2D eigenvalue weighted by Crippen LogP contribution is 1.72. The monoisotopic (exact) mass is 156 g/mol. The maximum atomic E-state index is 10.5. The van der Waals surface area contributed by atoms with Gasteiger partial charge in [0.1, 0.15) is 6.34 Å². The summed E-state index contributed by atoms with van der Waals surface area (Å²) in [5.41, 5.74) is 1.95. The highest BCUT2D eigenvalue weighted by Gasteiger charge is 1.93. The van der Waals surface area contributed by atoms with Crippen molar-refractivity contribution in [2.75, 3.05) is 6.61 Å². The van der Waals surface area contributed by atoms with Gasteiger partial charge in [0.05, 0.1) is 6.61 Å². The van der Waals surface area contributed by atoms with Crippen LogP contribution in [0.15, 0.2) is 5.10 Å². The van der Waals surface area contributed by atoms with Crippen LogP contribution in [0.1, 0.15) is 6.92 Å². The minimum absolute atomic E-state index is 0.297. The van der Waals surface area contributed by atoms with Gasteiger partial charge in [0.2, 0.25) is 0 Å². The molecule has 6 nitrogen and oxygen atoms in total. The lowest BCUT2D eigenvalue weighted by Crippen LogP contribution is -2.23. The summed E-state index contributed by atoms with van der Waals surface area (Å²) in [4.78, 5) is 10.5. The summed E-state index contributed by atoms with van der Waals surface area (Å²) in [6.07, 6.45) is 1.96. The molecule has 0 aromatic carbocycles. The Morgan fingerprint density at radius 2 is 2.64 bits per heavy atom. The Labute approximate surface area is 63.8 Å². The molecule has 0 saturated carbocycles. The molecule has 2 N–H and O–H groups in total. The van der Waals surface area contributed by atoms with Crippen LogP contribution >= 0.6 is 0 Å². The van der Waals surface area contributed by atoms with Crippen LogP contribution in [0.25, 0.3) is 0 Å². The molecule has 0 saturated heterocycles. The first-order valence-corrected chi connectivity index (χ1v) is 2.90. The second kappa shape index (κ2) is 6.35. The Kier molecular flexibility index (Phi) is 5.33. The first-order valence-electron chi connectivity index (χ1n) is 2.90. The van der Waals surface area contributed by atoms with Gasteiger partial charge < -0.3 is 4.74 Å². The van der Waals surface area contributed by atoms with E-state index in [-0.39, 0.29) is 0 Å². The zero-order chi connectivity index (χ0) is 8.53. The van der Waals surface area contributed by atoms with Crippen molar-refractivity contribution in [3.05, 3.63) is 0 Å². The van der Waals surface area contributed by atoms with E-state index < -0.39 is 6.09 Å². The molecule has 0 bridgehead atoms. The summed E-state index contributed by atoms with van der Waals surface area (Å²) >= 11 is 0. The first-order chi connectivity index (χ1) is 5.31. The molecule has 0 fully saturated rings. The predicted molar refractivity (Wildman–Crippen MR) is 37.4 cm³/mol. The van der Waals surface area contributed by atoms with E-state index in [9.17, 15) is 4.79 Å². The smallest absolute Gasteiger partial charge is 0.412 e. The number of carbonyl (C=O) groups is 1. The summed E-state index contributed by atoms with van der Waals surface area (Å²) in [5, 5.41) is 13.3. The largest absolute Gasteiger partial charge is 0.450 e. The number of alkyl carbamates (subject to hydrolysis) is 1. The molecule has 0 aromatic rings. The Balaban J connectivity index is 3.38. The van der Waals surface area contributed by atoms with Crippen molar-refractivity contribution in [2.45, 2.75) is 6.92 Å². The Bertz CT molecular complexity index is 183. The van der Waals surface area contributed by atoms with E-state index in [2.05, 4.69) is 15.2 Å². The van der Waals surface area contributed by atoms with Crippen LogP contribution < -0.4 is 10.7 Å². The fourth-order valence-corrected chi connectivity index (χ4v) is 0.319. The lowest BCUT2D eigenvalue weighted by Gasteiger charge is -1.97. The van der Waals surface area contributed by atoms with Crippen LogP contribution in [0.4, 0.5) is 4.79 Å². The van der Waals surface area contributed by atoms with Crippen molar-refractivity contribution >= 4 is 12.4 Å². The molecule has 0 aliphatic rings. The number of ether oxygens (including phenoxy) is 1. The van der Waals surface area contributed by atoms with Gasteiger partial charge in [0.15, 0.2) is 6.19 Å². The van der Waals surface area contributed by atoms with Gasteiger partial charge in [0, 0.05) is 0 Å². The number of hydrogen-bond acceptors (Lipinski definition) is 5. The molecule has 0 unspecified atom stereocenters. The maximum absolute atomic E-state index is 10.5. The molecule has 0 radical (unpaired) electrons. The molecule has 6 heteroatoms. The van der Waals surface area contributed by atoms with E-state index in [4.69, 9.17) is 5.26 Å². The maximum Gasteiger partial charge on any atom is 0.412 e. The van der Waals surface area contributed by atoms with Crippen molar-refractivity contribution in [2.24, 2.45) is 5.10 Å². The minimum atomic E-state index is -0.601. The van der Waals surface area contributed by atoms with E-state index in [1.165, 1.54) is 6.19 Å². The molecule has 0 atom stereocenters. The van der Waals surface area contributed by atoms with Gasteiger partial charge in [0.25, 0.3) is 0 Å². The molecule has 0 spiro atoms. The summed E-state index contributed by atoms with van der Waals surface area (Å²) in [6, 6.07) is 0. The van der Waals surface area contributed by atoms with Gasteiger partial charge in [-0.1, -0.05) is 0 Å². The lowest BCUT2D eigenvalue weighted by molar-refractivity contribution is 0.158. The zero-order valence-electron chi connectivity index (χ0n) is 6.00. The van der Waals surface area contributed by atoms with Crippen molar-refractivity contribution in [1.29, 1.82) is 5.26 Å². The first kappa shape index (κ1) is 9.23. The van der Waals surface area contributed by atoms with Crippen LogP contribution in [0, 0.1) is 11.5 Å². The number of rotatable bonds is 3. The average molecular weight is 156 g/mol. The fraction of sp³-hybridized carbons (Fsp3) is 0.400. The lowest BCUT2D eigenvalue weighted by atomic mass is 10.9. The van der Waals surface area contributed by atoms with Gasteiger partial charge in [-0.25, -0.2) is 10.2 Å². The number of hydrazone groups is 1. The summed E-state index contributed by atoms with van der Waals surface area (Å²) in [6.45, 7) is 1.98. The quantitative estimate of drug-likeness (QED) is 0.194. The Hall–Kier alpha value is -1.77. The van der Waals surface area contributed by atoms with Gasteiger partial charge in [-0.15, -0.1) is 0 Å². The number of carbonyl (C=O) groups excluding carboxylic acids is 1. The van der Waals surface area contributed by atoms with Crippen LogP contribution in [-0.4, -0.2) is 19.0 Å². The van der Waals surface area contributed by atoms with Gasteiger partial charge in [-0.3, -0.25) is 5.32 Å². The molecule has 0 heterocycles. The zero-order valence-corrected chi connectivity index (χ0v) is 6.00. The fourth-order valence-electron chi connectivity index (χ4n) is 0.319. The van der Waals surface area contributed by atoms with Crippen LogP contribution in [0.5, 0.6) is 0 Å². The topological polar surface area (TPSA) is 86.5 Å². The van der Waals surface area contributed by atoms with E-state index in [1.807, 2.05) is 5.43 Å². The highest BCUT2D eigenvalue weighted by molar-refractivity contribution is 5.81. The Morgan fingerprint density at radius 1 is 1.91 bits per heavy atom.